The SMILES string of the molecule is CC[C@H](C)N(C(=O)COC(=O)c1cc2c(s1)CC[C@H](C)C2)[C@@H]1CCS(=O)(=O)C1. The molecule has 0 saturated carbocycles. The van der Waals surface area contributed by atoms with Crippen molar-refractivity contribution in [3.8, 4) is 0 Å². The van der Waals surface area contributed by atoms with Crippen LogP contribution >= 0.6 is 11.3 Å². The first-order valence-electron chi connectivity index (χ1n) is 10.0. The summed E-state index contributed by atoms with van der Waals surface area (Å²) in [6.45, 7) is 5.72. The lowest BCUT2D eigenvalue weighted by atomic mass is 9.90. The topological polar surface area (TPSA) is 80.8 Å². The van der Waals surface area contributed by atoms with Crippen LogP contribution in [0.1, 0.15) is 60.1 Å². The molecule has 0 spiro atoms. The van der Waals surface area contributed by atoms with E-state index in [2.05, 4.69) is 6.92 Å². The molecule has 6 nitrogen and oxygen atoms in total. The average molecular weight is 428 g/mol. The van der Waals surface area contributed by atoms with Crippen molar-refractivity contribution in [3.05, 3.63) is 21.4 Å². The van der Waals surface area contributed by atoms with Crippen LogP contribution in [0.5, 0.6) is 0 Å². The summed E-state index contributed by atoms with van der Waals surface area (Å²) >= 11 is 1.46. The largest absolute Gasteiger partial charge is 0.451 e. The molecule has 1 saturated heterocycles. The highest BCUT2D eigenvalue weighted by molar-refractivity contribution is 7.91. The molecule has 156 valence electrons. The van der Waals surface area contributed by atoms with E-state index in [0.717, 1.165) is 19.3 Å². The van der Waals surface area contributed by atoms with E-state index in [1.165, 1.54) is 21.8 Å². The van der Waals surface area contributed by atoms with Crippen LogP contribution in [0.15, 0.2) is 6.07 Å². The maximum absolute atomic E-state index is 12.8. The summed E-state index contributed by atoms with van der Waals surface area (Å²) in [7, 11) is -3.10. The molecule has 2 aliphatic rings. The number of sulfone groups is 1. The molecule has 1 aliphatic heterocycles. The predicted octanol–water partition coefficient (Wildman–Crippen LogP) is 2.84. The number of carbonyl (C=O) groups excluding carboxylic acids is 2. The van der Waals surface area contributed by atoms with E-state index in [1.807, 2.05) is 19.9 Å². The second kappa shape index (κ2) is 8.53. The van der Waals surface area contributed by atoms with E-state index in [0.29, 0.717) is 23.6 Å². The first-order valence-corrected chi connectivity index (χ1v) is 12.6. The number of hydrogen-bond acceptors (Lipinski definition) is 6. The smallest absolute Gasteiger partial charge is 0.348 e. The Hall–Kier alpha value is -1.41. The summed E-state index contributed by atoms with van der Waals surface area (Å²) in [6, 6.07) is 1.47. The Morgan fingerprint density at radius 2 is 2.11 bits per heavy atom. The number of ether oxygens (including phenoxy) is 1. The third-order valence-corrected chi connectivity index (χ3v) is 8.78. The highest BCUT2D eigenvalue weighted by Gasteiger charge is 2.36. The Kier molecular flexibility index (Phi) is 6.49. The Bertz CT molecular complexity index is 845. The monoisotopic (exact) mass is 427 g/mol. The fraction of sp³-hybridized carbons (Fsp3) is 0.700. The predicted molar refractivity (Wildman–Crippen MR) is 109 cm³/mol. The summed E-state index contributed by atoms with van der Waals surface area (Å²) in [5.41, 5.74) is 1.22. The Morgan fingerprint density at radius 1 is 1.36 bits per heavy atom. The molecule has 3 rings (SSSR count). The normalized spacial score (nSPS) is 24.4. The number of aryl methyl sites for hydroxylation is 1. The molecule has 3 atom stereocenters. The molecule has 1 aromatic rings. The number of hydrogen-bond donors (Lipinski definition) is 0. The van der Waals surface area contributed by atoms with Crippen LogP contribution in [0.3, 0.4) is 0 Å². The first-order chi connectivity index (χ1) is 13.2. The maximum atomic E-state index is 12.8. The Balaban J connectivity index is 1.63. The van der Waals surface area contributed by atoms with Gasteiger partial charge in [-0.2, -0.15) is 0 Å². The lowest BCUT2D eigenvalue weighted by Crippen LogP contribution is -2.48. The van der Waals surface area contributed by atoms with Crippen molar-refractivity contribution in [2.24, 2.45) is 5.92 Å². The summed E-state index contributed by atoms with van der Waals surface area (Å²) in [5, 5.41) is 0. The van der Waals surface area contributed by atoms with Gasteiger partial charge in [0.2, 0.25) is 0 Å². The molecule has 1 aliphatic carbocycles. The van der Waals surface area contributed by atoms with Gasteiger partial charge in [-0.25, -0.2) is 13.2 Å². The van der Waals surface area contributed by atoms with Crippen LogP contribution in [0.4, 0.5) is 0 Å². The van der Waals surface area contributed by atoms with Crippen LogP contribution in [0.2, 0.25) is 0 Å². The van der Waals surface area contributed by atoms with Gasteiger partial charge in [-0.3, -0.25) is 4.79 Å². The van der Waals surface area contributed by atoms with Gasteiger partial charge in [-0.05, 0) is 56.6 Å². The van der Waals surface area contributed by atoms with Gasteiger partial charge in [-0.15, -0.1) is 11.3 Å². The van der Waals surface area contributed by atoms with Gasteiger partial charge in [0.15, 0.2) is 16.4 Å². The number of rotatable bonds is 6. The van der Waals surface area contributed by atoms with E-state index >= 15 is 0 Å². The zero-order chi connectivity index (χ0) is 20.5. The first kappa shape index (κ1) is 21.3. The minimum absolute atomic E-state index is 0.00709. The lowest BCUT2D eigenvalue weighted by molar-refractivity contribution is -0.138. The molecule has 0 radical (unpaired) electrons. The molecule has 1 fully saturated rings. The van der Waals surface area contributed by atoms with Crippen molar-refractivity contribution in [1.82, 2.24) is 4.90 Å². The molecule has 0 unspecified atom stereocenters. The second-order valence-corrected chi connectivity index (χ2v) is 11.5. The molecule has 0 bridgehead atoms. The highest BCUT2D eigenvalue weighted by Crippen LogP contribution is 2.32. The van der Waals surface area contributed by atoms with Gasteiger partial charge < -0.3 is 9.64 Å². The van der Waals surface area contributed by atoms with E-state index in [1.54, 1.807) is 4.90 Å². The molecule has 0 aromatic carbocycles. The van der Waals surface area contributed by atoms with Crippen LogP contribution < -0.4 is 0 Å². The maximum Gasteiger partial charge on any atom is 0.348 e. The Morgan fingerprint density at radius 3 is 2.75 bits per heavy atom. The molecule has 8 heteroatoms. The fourth-order valence-electron chi connectivity index (χ4n) is 4.08. The highest BCUT2D eigenvalue weighted by atomic mass is 32.2. The van der Waals surface area contributed by atoms with Crippen LogP contribution in [0, 0.1) is 5.92 Å². The van der Waals surface area contributed by atoms with E-state index < -0.39 is 15.8 Å². The molecule has 0 N–H and O–H groups in total. The summed E-state index contributed by atoms with van der Waals surface area (Å²) < 4.78 is 29.0. The second-order valence-electron chi connectivity index (χ2n) is 8.10. The van der Waals surface area contributed by atoms with Crippen LogP contribution in [-0.4, -0.2) is 55.4 Å². The molecular formula is C20H29NO5S2. The van der Waals surface area contributed by atoms with Crippen LogP contribution in [-0.2, 0) is 32.2 Å². The molecule has 1 amide bonds. The van der Waals surface area contributed by atoms with Crippen molar-refractivity contribution in [2.45, 2.75) is 65.0 Å². The average Bonchev–Trinajstić information content (AvgIpc) is 3.22. The molecule has 28 heavy (non-hydrogen) atoms. The molecular weight excluding hydrogens is 398 g/mol. The Labute approximate surface area is 171 Å². The minimum Gasteiger partial charge on any atom is -0.451 e. The third-order valence-electron chi connectivity index (χ3n) is 5.81. The van der Waals surface area contributed by atoms with Crippen molar-refractivity contribution in [2.75, 3.05) is 18.1 Å². The van der Waals surface area contributed by atoms with Crippen molar-refractivity contribution >= 4 is 33.1 Å². The summed E-state index contributed by atoms with van der Waals surface area (Å²) in [4.78, 5) is 28.6. The number of carbonyl (C=O) groups is 2. The lowest BCUT2D eigenvalue weighted by Gasteiger charge is -2.33. The van der Waals surface area contributed by atoms with Gasteiger partial charge in [0.1, 0.15) is 4.88 Å². The van der Waals surface area contributed by atoms with Gasteiger partial charge >= 0.3 is 5.97 Å². The van der Waals surface area contributed by atoms with Gasteiger partial charge in [0, 0.05) is 17.0 Å². The van der Waals surface area contributed by atoms with Crippen molar-refractivity contribution in [1.29, 1.82) is 0 Å². The van der Waals surface area contributed by atoms with Crippen LogP contribution in [0.25, 0.3) is 0 Å². The summed E-state index contributed by atoms with van der Waals surface area (Å²) in [6.07, 6.45) is 4.27. The minimum atomic E-state index is -3.10. The zero-order valence-corrected chi connectivity index (χ0v) is 18.4. The number of thiophene rings is 1. The number of nitrogens with zero attached hydrogens (tertiary/aromatic N) is 1. The quantitative estimate of drug-likeness (QED) is 0.652. The number of fused-ring (bicyclic) bond motifs is 1. The zero-order valence-electron chi connectivity index (χ0n) is 16.8. The van der Waals surface area contributed by atoms with Gasteiger partial charge in [-0.1, -0.05) is 13.8 Å². The van der Waals surface area contributed by atoms with Gasteiger partial charge in [0.05, 0.1) is 11.5 Å². The van der Waals surface area contributed by atoms with E-state index in [-0.39, 0.29) is 36.1 Å². The fourth-order valence-corrected chi connectivity index (χ4v) is 6.89. The van der Waals surface area contributed by atoms with Crippen molar-refractivity contribution in [3.63, 3.8) is 0 Å². The van der Waals surface area contributed by atoms with Crippen molar-refractivity contribution < 1.29 is 22.7 Å². The third kappa shape index (κ3) is 4.76. The standard InChI is InChI=1S/C20H29NO5S2/c1-4-14(3)21(16-7-8-28(24,25)12-16)19(22)11-26-20(23)18-10-15-9-13(2)5-6-17(15)27-18/h10,13-14,16H,4-9,11-12H2,1-3H3/t13-,14-,16+/m0/s1. The number of amides is 1. The molecule has 1 aromatic heterocycles. The van der Waals surface area contributed by atoms with Gasteiger partial charge in [0.25, 0.3) is 5.91 Å². The number of esters is 1. The van der Waals surface area contributed by atoms with E-state index in [4.69, 9.17) is 4.74 Å². The molecule has 2 heterocycles. The summed E-state index contributed by atoms with van der Waals surface area (Å²) in [5.74, 6) is -0.0634. The van der Waals surface area contributed by atoms with E-state index in [9.17, 15) is 18.0 Å².